The molecule has 1 atom stereocenters. The first-order valence-corrected chi connectivity index (χ1v) is 6.01. The van der Waals surface area contributed by atoms with E-state index < -0.39 is 6.55 Å². The molecule has 0 saturated carbocycles. The van der Waals surface area contributed by atoms with Gasteiger partial charge in [0.1, 0.15) is 11.6 Å². The lowest BCUT2D eigenvalue weighted by atomic mass is 10.2. The highest BCUT2D eigenvalue weighted by Crippen LogP contribution is 2.27. The summed E-state index contributed by atoms with van der Waals surface area (Å²) in [6, 6.07) is 9.57. The van der Waals surface area contributed by atoms with E-state index >= 15 is 0 Å². The van der Waals surface area contributed by atoms with E-state index in [1.807, 2.05) is 24.3 Å². The van der Waals surface area contributed by atoms with Crippen LogP contribution in [-0.4, -0.2) is 0 Å². The van der Waals surface area contributed by atoms with Gasteiger partial charge < -0.3 is 0 Å². The van der Waals surface area contributed by atoms with Crippen molar-refractivity contribution in [2.45, 2.75) is 0 Å². The predicted octanol–water partition coefficient (Wildman–Crippen LogP) is 3.81. The largest absolute Gasteiger partial charge is 0.420 e. The standard InChI is InChI=1S/C9H5NOPS/c10-5-7-6-12(13)11-9-4-2-1-3-8(7)9/h1-4,6H/q+1. The van der Waals surface area contributed by atoms with Gasteiger partial charge in [-0.1, -0.05) is 12.1 Å². The van der Waals surface area contributed by atoms with Gasteiger partial charge in [-0.25, -0.2) is 0 Å². The predicted molar refractivity (Wildman–Crippen MR) is 55.4 cm³/mol. The summed E-state index contributed by atoms with van der Waals surface area (Å²) >= 11 is 5.02. The van der Waals surface area contributed by atoms with Crippen molar-refractivity contribution in [1.29, 1.82) is 5.26 Å². The zero-order chi connectivity index (χ0) is 9.26. The molecule has 2 nitrogen and oxygen atoms in total. The van der Waals surface area contributed by atoms with Gasteiger partial charge in [0, 0.05) is 5.39 Å². The molecule has 0 radical (unpaired) electrons. The van der Waals surface area contributed by atoms with Gasteiger partial charge in [0.15, 0.2) is 11.4 Å². The molecule has 0 aliphatic heterocycles. The zero-order valence-corrected chi connectivity index (χ0v) is 8.31. The first kappa shape index (κ1) is 8.37. The molecule has 1 unspecified atom stereocenters. The van der Waals surface area contributed by atoms with Gasteiger partial charge in [0.05, 0.1) is 0 Å². The lowest BCUT2D eigenvalue weighted by Gasteiger charge is -1.90. The molecule has 0 aliphatic rings. The number of fused-ring (bicyclic) bond motifs is 1. The number of para-hydroxylation sites is 1. The van der Waals surface area contributed by atoms with Crippen LogP contribution < -0.4 is 0 Å². The molecule has 0 N–H and O–H groups in total. The summed E-state index contributed by atoms with van der Waals surface area (Å²) in [5.74, 6) is 1.72. The smallest absolute Gasteiger partial charge is 0.271 e. The topological polar surface area (TPSA) is 36.9 Å². The van der Waals surface area contributed by atoms with E-state index in [1.165, 1.54) is 0 Å². The van der Waals surface area contributed by atoms with Crippen LogP contribution in [0.25, 0.3) is 11.0 Å². The molecule has 2 aromatic rings. The third kappa shape index (κ3) is 1.47. The van der Waals surface area contributed by atoms with Crippen molar-refractivity contribution in [1.82, 2.24) is 0 Å². The second kappa shape index (κ2) is 3.26. The normalized spacial score (nSPS) is 11.2. The van der Waals surface area contributed by atoms with Crippen LogP contribution in [0.2, 0.25) is 0 Å². The molecule has 0 amide bonds. The van der Waals surface area contributed by atoms with Crippen LogP contribution in [0.3, 0.4) is 0 Å². The molecule has 13 heavy (non-hydrogen) atoms. The number of nitriles is 1. The first-order chi connectivity index (χ1) is 6.31. The lowest BCUT2D eigenvalue weighted by Crippen LogP contribution is -1.75. The summed E-state index contributed by atoms with van der Waals surface area (Å²) in [7, 11) is 0. The molecule has 2 rings (SSSR count). The highest BCUT2D eigenvalue weighted by Gasteiger charge is 2.08. The van der Waals surface area contributed by atoms with Crippen molar-refractivity contribution in [3.8, 4) is 6.07 Å². The van der Waals surface area contributed by atoms with Crippen LogP contribution >= 0.6 is 18.4 Å². The fourth-order valence-corrected chi connectivity index (χ4v) is 2.53. The molecular formula is C9H5NOPS+. The fraction of sp³-hybridized carbons (Fsp3) is 0. The van der Waals surface area contributed by atoms with E-state index in [9.17, 15) is 0 Å². The third-order valence-corrected chi connectivity index (χ3v) is 3.11. The fourth-order valence-electron chi connectivity index (χ4n) is 1.16. The third-order valence-electron chi connectivity index (χ3n) is 1.72. The van der Waals surface area contributed by atoms with E-state index in [4.69, 9.17) is 21.3 Å². The Hall–Kier alpha value is -1.23. The zero-order valence-electron chi connectivity index (χ0n) is 6.60. The van der Waals surface area contributed by atoms with E-state index in [0.717, 1.165) is 11.0 Å². The summed E-state index contributed by atoms with van der Waals surface area (Å²) in [6.07, 6.45) is 0. The van der Waals surface area contributed by atoms with Crippen molar-refractivity contribution in [2.75, 3.05) is 0 Å². The molecule has 62 valence electrons. The minimum absolute atomic E-state index is 0.628. The Bertz CT molecular complexity index is 555. The quantitative estimate of drug-likeness (QED) is 0.657. The second-order valence-corrected chi connectivity index (χ2v) is 4.62. The van der Waals surface area contributed by atoms with E-state index in [1.54, 1.807) is 5.80 Å². The Morgan fingerprint density at radius 1 is 1.38 bits per heavy atom. The van der Waals surface area contributed by atoms with Gasteiger partial charge in [-0.15, -0.1) is 0 Å². The van der Waals surface area contributed by atoms with E-state index in [2.05, 4.69) is 6.07 Å². The molecule has 0 spiro atoms. The van der Waals surface area contributed by atoms with Crippen LogP contribution in [-0.2, 0) is 0 Å². The first-order valence-electron chi connectivity index (χ1n) is 3.67. The minimum Gasteiger partial charge on any atom is -0.271 e. The molecule has 0 aliphatic carbocycles. The Balaban J connectivity index is 3.00. The van der Waals surface area contributed by atoms with Crippen LogP contribution in [0.5, 0.6) is 0 Å². The van der Waals surface area contributed by atoms with Crippen molar-refractivity contribution in [2.24, 2.45) is 0 Å². The molecule has 1 aromatic heterocycles. The van der Waals surface area contributed by atoms with Crippen LogP contribution in [0.4, 0.5) is 0 Å². The van der Waals surface area contributed by atoms with E-state index in [0.29, 0.717) is 5.56 Å². The van der Waals surface area contributed by atoms with Crippen molar-refractivity contribution in [3.63, 3.8) is 0 Å². The maximum atomic E-state index is 8.85. The van der Waals surface area contributed by atoms with Crippen LogP contribution in [0, 0.1) is 11.3 Å². The average Bonchev–Trinajstić information content (AvgIpc) is 2.16. The molecule has 1 heterocycles. The summed E-state index contributed by atoms with van der Waals surface area (Å²) < 4.78 is 5.42. The molecule has 0 fully saturated rings. The molecule has 0 saturated heterocycles. The Labute approximate surface area is 80.9 Å². The van der Waals surface area contributed by atoms with Gasteiger partial charge in [0.2, 0.25) is 11.8 Å². The Kier molecular flexibility index (Phi) is 2.10. The number of nitrogens with zero attached hydrogens (tertiary/aromatic N) is 1. The van der Waals surface area contributed by atoms with Crippen molar-refractivity contribution < 1.29 is 4.20 Å². The minimum atomic E-state index is -1.02. The van der Waals surface area contributed by atoms with Gasteiger partial charge in [-0.3, -0.25) is 4.20 Å². The monoisotopic (exact) mass is 206 g/mol. The molecule has 4 heteroatoms. The molecular weight excluding hydrogens is 201 g/mol. The maximum absolute atomic E-state index is 8.85. The Morgan fingerprint density at radius 2 is 2.15 bits per heavy atom. The summed E-state index contributed by atoms with van der Waals surface area (Å²) in [5, 5.41) is 9.69. The molecule has 0 bridgehead atoms. The second-order valence-electron chi connectivity index (χ2n) is 2.53. The van der Waals surface area contributed by atoms with Gasteiger partial charge in [0.25, 0.3) is 0 Å². The number of hydrogen-bond acceptors (Lipinski definition) is 3. The lowest BCUT2D eigenvalue weighted by molar-refractivity contribution is 0.747. The van der Waals surface area contributed by atoms with Crippen molar-refractivity contribution >= 4 is 29.3 Å². The summed E-state index contributed by atoms with van der Waals surface area (Å²) in [6.45, 7) is -1.02. The summed E-state index contributed by atoms with van der Waals surface area (Å²) in [5.41, 5.74) is 1.35. The average molecular weight is 206 g/mol. The number of hydrogen-bond donors (Lipinski definition) is 0. The maximum Gasteiger partial charge on any atom is 0.420 e. The number of rotatable bonds is 0. The molecule has 1 aromatic carbocycles. The van der Waals surface area contributed by atoms with Crippen molar-refractivity contribution in [3.05, 3.63) is 35.6 Å². The van der Waals surface area contributed by atoms with Gasteiger partial charge >= 0.3 is 6.55 Å². The Morgan fingerprint density at radius 3 is 2.92 bits per heavy atom. The van der Waals surface area contributed by atoms with Gasteiger partial charge in [-0.2, -0.15) is 5.26 Å². The number of benzene rings is 1. The summed E-state index contributed by atoms with van der Waals surface area (Å²) in [4.78, 5) is 0. The van der Waals surface area contributed by atoms with Gasteiger partial charge in [-0.05, 0) is 12.1 Å². The van der Waals surface area contributed by atoms with Crippen LogP contribution in [0.15, 0.2) is 34.3 Å². The SMILES string of the molecule is N#Cc1c[p+](=S)oc2ccccc12. The van der Waals surface area contributed by atoms with Crippen LogP contribution in [0.1, 0.15) is 5.56 Å². The highest BCUT2D eigenvalue weighted by molar-refractivity contribution is 8.12. The van der Waals surface area contributed by atoms with E-state index in [-0.39, 0.29) is 0 Å². The highest BCUT2D eigenvalue weighted by atomic mass is 32.4.